The lowest BCUT2D eigenvalue weighted by atomic mass is 9.86. The molecule has 1 saturated heterocycles. The van der Waals surface area contributed by atoms with Gasteiger partial charge in [0.1, 0.15) is 0 Å². The predicted molar refractivity (Wildman–Crippen MR) is 118 cm³/mol. The Kier molecular flexibility index (Phi) is 9.67. The van der Waals surface area contributed by atoms with Crippen LogP contribution in [-0.2, 0) is 11.2 Å². The van der Waals surface area contributed by atoms with Gasteiger partial charge in [-0.05, 0) is 38.2 Å². The van der Waals surface area contributed by atoms with Gasteiger partial charge in [0, 0.05) is 18.7 Å². The first-order chi connectivity index (χ1) is 13.5. The average molecular weight is 388 g/mol. The van der Waals surface area contributed by atoms with E-state index in [0.717, 1.165) is 37.4 Å². The number of carbonyl (C=O) groups is 1. The van der Waals surface area contributed by atoms with Crippen molar-refractivity contribution in [2.45, 2.75) is 84.6 Å². The maximum absolute atomic E-state index is 13.4. The summed E-state index contributed by atoms with van der Waals surface area (Å²) >= 11 is 0. The van der Waals surface area contributed by atoms with E-state index in [-0.39, 0.29) is 5.78 Å². The Bertz CT molecular complexity index is 590. The molecule has 1 heterocycles. The molecular formula is C25H41NO2. The Balaban J connectivity index is 1.92. The number of ketones is 1. The summed E-state index contributed by atoms with van der Waals surface area (Å²) in [6, 6.07) is 8.24. The maximum atomic E-state index is 13.4. The quantitative estimate of drug-likeness (QED) is 0.330. The van der Waals surface area contributed by atoms with E-state index in [0.29, 0.717) is 13.2 Å². The van der Waals surface area contributed by atoms with Crippen LogP contribution in [0.15, 0.2) is 24.3 Å². The Morgan fingerprint density at radius 2 is 1.75 bits per heavy atom. The molecule has 1 aromatic carbocycles. The molecule has 3 heteroatoms. The minimum absolute atomic E-state index is 0.248. The van der Waals surface area contributed by atoms with Crippen molar-refractivity contribution >= 4 is 5.78 Å². The molecule has 1 unspecified atom stereocenters. The fraction of sp³-hybridized carbons (Fsp3) is 0.720. The lowest BCUT2D eigenvalue weighted by Crippen LogP contribution is -2.54. The van der Waals surface area contributed by atoms with Gasteiger partial charge in [0.15, 0.2) is 5.78 Å². The second-order valence-electron chi connectivity index (χ2n) is 8.99. The molecule has 1 aliphatic heterocycles. The van der Waals surface area contributed by atoms with Gasteiger partial charge in [0.05, 0.1) is 18.8 Å². The molecule has 1 aromatic rings. The van der Waals surface area contributed by atoms with Crippen molar-refractivity contribution < 1.29 is 9.53 Å². The predicted octanol–water partition coefficient (Wildman–Crippen LogP) is 5.91. The van der Waals surface area contributed by atoms with Gasteiger partial charge in [-0.25, -0.2) is 0 Å². The molecule has 1 atom stereocenters. The number of Topliss-reactive ketones (excluding diaryl/α,β-unsaturated/α-hetero) is 1. The number of benzene rings is 1. The number of morpholine rings is 1. The van der Waals surface area contributed by atoms with Crippen molar-refractivity contribution in [1.82, 2.24) is 4.90 Å². The number of hydrogen-bond acceptors (Lipinski definition) is 3. The van der Waals surface area contributed by atoms with E-state index in [1.54, 1.807) is 0 Å². The van der Waals surface area contributed by atoms with E-state index in [9.17, 15) is 4.79 Å². The van der Waals surface area contributed by atoms with Crippen LogP contribution >= 0.6 is 0 Å². The van der Waals surface area contributed by atoms with Crippen LogP contribution in [-0.4, -0.2) is 42.5 Å². The Hall–Kier alpha value is -1.19. The molecule has 28 heavy (non-hydrogen) atoms. The zero-order valence-corrected chi connectivity index (χ0v) is 18.6. The molecule has 0 spiro atoms. The summed E-state index contributed by atoms with van der Waals surface area (Å²) in [6.07, 6.45) is 10.2. The molecule has 158 valence electrons. The molecule has 0 aromatic heterocycles. The van der Waals surface area contributed by atoms with E-state index in [2.05, 4.69) is 44.7 Å². The van der Waals surface area contributed by atoms with Crippen LogP contribution in [0, 0.1) is 5.92 Å². The molecule has 1 aliphatic rings. The molecule has 0 bridgehead atoms. The van der Waals surface area contributed by atoms with Crippen LogP contribution in [0.5, 0.6) is 0 Å². The SMILES string of the molecule is CCCCCCC(C)CCCc1ccccc1C(=O)C(C)(C)N1CCOCC1. The maximum Gasteiger partial charge on any atom is 0.182 e. The van der Waals surface area contributed by atoms with E-state index in [4.69, 9.17) is 4.74 Å². The number of hydrogen-bond donors (Lipinski definition) is 0. The fourth-order valence-electron chi connectivity index (χ4n) is 4.26. The van der Waals surface area contributed by atoms with Crippen molar-refractivity contribution in [3.63, 3.8) is 0 Å². The summed E-state index contributed by atoms with van der Waals surface area (Å²) in [4.78, 5) is 15.7. The van der Waals surface area contributed by atoms with E-state index >= 15 is 0 Å². The molecule has 0 N–H and O–H groups in total. The highest BCUT2D eigenvalue weighted by molar-refractivity contribution is 6.03. The number of carbonyl (C=O) groups excluding carboxylic acids is 1. The van der Waals surface area contributed by atoms with Gasteiger partial charge in [-0.15, -0.1) is 0 Å². The van der Waals surface area contributed by atoms with Gasteiger partial charge in [0.2, 0.25) is 0 Å². The fourth-order valence-corrected chi connectivity index (χ4v) is 4.26. The third-order valence-electron chi connectivity index (χ3n) is 6.31. The van der Waals surface area contributed by atoms with Crippen molar-refractivity contribution in [3.8, 4) is 0 Å². The van der Waals surface area contributed by atoms with Crippen LogP contribution in [0.2, 0.25) is 0 Å². The highest BCUT2D eigenvalue weighted by atomic mass is 16.5. The van der Waals surface area contributed by atoms with Crippen LogP contribution in [0.3, 0.4) is 0 Å². The van der Waals surface area contributed by atoms with Crippen LogP contribution in [0.1, 0.15) is 88.6 Å². The first kappa shape index (κ1) is 23.1. The topological polar surface area (TPSA) is 29.5 Å². The molecular weight excluding hydrogens is 346 g/mol. The Labute approximate surface area is 172 Å². The summed E-state index contributed by atoms with van der Waals surface area (Å²) in [5.74, 6) is 1.03. The molecule has 2 rings (SSSR count). The largest absolute Gasteiger partial charge is 0.379 e. The highest BCUT2D eigenvalue weighted by Gasteiger charge is 2.36. The van der Waals surface area contributed by atoms with Crippen molar-refractivity contribution in [1.29, 1.82) is 0 Å². The van der Waals surface area contributed by atoms with Crippen molar-refractivity contribution in [2.75, 3.05) is 26.3 Å². The summed E-state index contributed by atoms with van der Waals surface area (Å²) in [7, 11) is 0. The minimum atomic E-state index is -0.480. The van der Waals surface area contributed by atoms with Crippen LogP contribution in [0.4, 0.5) is 0 Å². The van der Waals surface area contributed by atoms with Crippen LogP contribution in [0.25, 0.3) is 0 Å². The van der Waals surface area contributed by atoms with Gasteiger partial charge in [0.25, 0.3) is 0 Å². The minimum Gasteiger partial charge on any atom is -0.379 e. The summed E-state index contributed by atoms with van der Waals surface area (Å²) < 4.78 is 5.47. The second-order valence-corrected chi connectivity index (χ2v) is 8.99. The molecule has 0 saturated carbocycles. The lowest BCUT2D eigenvalue weighted by molar-refractivity contribution is -0.00433. The molecule has 3 nitrogen and oxygen atoms in total. The first-order valence-electron chi connectivity index (χ1n) is 11.4. The van der Waals surface area contributed by atoms with Gasteiger partial charge in [-0.2, -0.15) is 0 Å². The third-order valence-corrected chi connectivity index (χ3v) is 6.31. The summed E-state index contributed by atoms with van der Waals surface area (Å²) in [5, 5.41) is 0. The highest BCUT2D eigenvalue weighted by Crippen LogP contribution is 2.25. The van der Waals surface area contributed by atoms with E-state index < -0.39 is 5.54 Å². The second kappa shape index (κ2) is 11.7. The average Bonchev–Trinajstić information content (AvgIpc) is 2.71. The third kappa shape index (κ3) is 6.70. The number of rotatable bonds is 12. The normalized spacial score (nSPS) is 16.9. The van der Waals surface area contributed by atoms with Crippen molar-refractivity contribution in [3.05, 3.63) is 35.4 Å². The van der Waals surface area contributed by atoms with Gasteiger partial charge in [-0.1, -0.05) is 76.6 Å². The lowest BCUT2D eigenvalue weighted by Gasteiger charge is -2.39. The van der Waals surface area contributed by atoms with Gasteiger partial charge < -0.3 is 4.74 Å². The van der Waals surface area contributed by atoms with Crippen molar-refractivity contribution in [2.24, 2.45) is 5.92 Å². The molecule has 0 amide bonds. The Morgan fingerprint density at radius 1 is 1.07 bits per heavy atom. The monoisotopic (exact) mass is 387 g/mol. The molecule has 0 aliphatic carbocycles. The standard InChI is InChI=1S/C25H41NO2/c1-5-6-7-8-12-21(2)13-11-15-22-14-9-10-16-23(22)24(27)25(3,4)26-17-19-28-20-18-26/h9-10,14,16,21H,5-8,11-13,15,17-20H2,1-4H3. The van der Waals surface area contributed by atoms with Gasteiger partial charge in [-0.3, -0.25) is 9.69 Å². The van der Waals surface area contributed by atoms with Crippen LogP contribution < -0.4 is 0 Å². The summed E-state index contributed by atoms with van der Waals surface area (Å²) in [6.45, 7) is 11.9. The number of ether oxygens (including phenoxy) is 1. The van der Waals surface area contributed by atoms with E-state index in [1.165, 1.54) is 44.1 Å². The summed E-state index contributed by atoms with van der Waals surface area (Å²) in [5.41, 5.74) is 1.65. The number of unbranched alkanes of at least 4 members (excludes halogenated alkanes) is 3. The Morgan fingerprint density at radius 3 is 2.46 bits per heavy atom. The first-order valence-corrected chi connectivity index (χ1v) is 11.4. The van der Waals surface area contributed by atoms with E-state index in [1.807, 2.05) is 12.1 Å². The number of nitrogens with zero attached hydrogens (tertiary/aromatic N) is 1. The zero-order chi connectivity index (χ0) is 20.4. The van der Waals surface area contributed by atoms with Gasteiger partial charge >= 0.3 is 0 Å². The number of aryl methyl sites for hydroxylation is 1. The zero-order valence-electron chi connectivity index (χ0n) is 18.6. The molecule has 1 fully saturated rings. The molecule has 0 radical (unpaired) electrons. The smallest absolute Gasteiger partial charge is 0.182 e.